The van der Waals surface area contributed by atoms with E-state index in [-0.39, 0.29) is 0 Å². The minimum atomic E-state index is 0.849. The fourth-order valence-electron chi connectivity index (χ4n) is 2.06. The van der Waals surface area contributed by atoms with E-state index in [1.165, 1.54) is 5.56 Å². The van der Waals surface area contributed by atoms with E-state index in [1.54, 1.807) is 0 Å². The van der Waals surface area contributed by atoms with E-state index in [4.69, 9.17) is 0 Å². The number of aromatic amines is 1. The van der Waals surface area contributed by atoms with Gasteiger partial charge in [0.1, 0.15) is 0 Å². The monoisotopic (exact) mass is 255 g/mol. The van der Waals surface area contributed by atoms with Gasteiger partial charge in [0.15, 0.2) is 0 Å². The molecule has 0 fully saturated rings. The predicted octanol–water partition coefficient (Wildman–Crippen LogP) is 3.80. The SMILES string of the molecule is CCN(/N=C/c1cc(C)[nH]c1C)c1ccc(C)cc1. The zero-order valence-corrected chi connectivity index (χ0v) is 12.1. The van der Waals surface area contributed by atoms with Crippen LogP contribution < -0.4 is 5.01 Å². The molecule has 0 radical (unpaired) electrons. The zero-order chi connectivity index (χ0) is 13.8. The molecule has 1 heterocycles. The van der Waals surface area contributed by atoms with Crippen LogP contribution in [-0.4, -0.2) is 17.7 Å². The minimum Gasteiger partial charge on any atom is -0.362 e. The van der Waals surface area contributed by atoms with E-state index in [2.05, 4.69) is 68.1 Å². The van der Waals surface area contributed by atoms with Gasteiger partial charge >= 0.3 is 0 Å². The van der Waals surface area contributed by atoms with Gasteiger partial charge in [-0.1, -0.05) is 17.7 Å². The molecule has 1 N–H and O–H groups in total. The predicted molar refractivity (Wildman–Crippen MR) is 82.1 cm³/mol. The second-order valence-corrected chi connectivity index (χ2v) is 4.83. The summed E-state index contributed by atoms with van der Waals surface area (Å²) >= 11 is 0. The molecule has 0 saturated heterocycles. The number of H-pyrrole nitrogens is 1. The van der Waals surface area contributed by atoms with Gasteiger partial charge in [-0.05, 0) is 45.9 Å². The summed E-state index contributed by atoms with van der Waals surface area (Å²) in [6.07, 6.45) is 1.92. The molecule has 3 heteroatoms. The lowest BCUT2D eigenvalue weighted by atomic mass is 10.2. The Hall–Kier alpha value is -2.03. The summed E-state index contributed by atoms with van der Waals surface area (Å²) in [5, 5.41) is 6.58. The first kappa shape index (κ1) is 13.4. The highest BCUT2D eigenvalue weighted by molar-refractivity contribution is 5.82. The average molecular weight is 255 g/mol. The van der Waals surface area contributed by atoms with Crippen LogP contribution in [0.5, 0.6) is 0 Å². The second kappa shape index (κ2) is 5.74. The molecular weight excluding hydrogens is 234 g/mol. The van der Waals surface area contributed by atoms with Gasteiger partial charge < -0.3 is 4.98 Å². The van der Waals surface area contributed by atoms with Crippen LogP contribution in [0.2, 0.25) is 0 Å². The van der Waals surface area contributed by atoms with Gasteiger partial charge in [0.2, 0.25) is 0 Å². The number of rotatable bonds is 4. The number of nitrogens with one attached hydrogen (secondary N) is 1. The lowest BCUT2D eigenvalue weighted by molar-refractivity contribution is 0.897. The molecule has 19 heavy (non-hydrogen) atoms. The summed E-state index contributed by atoms with van der Waals surface area (Å²) < 4.78 is 0. The Kier molecular flexibility index (Phi) is 4.05. The van der Waals surface area contributed by atoms with E-state index in [9.17, 15) is 0 Å². The van der Waals surface area contributed by atoms with Crippen LogP contribution in [0.15, 0.2) is 35.4 Å². The molecule has 0 aliphatic heterocycles. The highest BCUT2D eigenvalue weighted by Gasteiger charge is 2.03. The first-order valence-corrected chi connectivity index (χ1v) is 6.64. The number of benzene rings is 1. The molecule has 0 atom stereocenters. The molecule has 0 aliphatic carbocycles. The zero-order valence-electron chi connectivity index (χ0n) is 12.1. The summed E-state index contributed by atoms with van der Waals surface area (Å²) in [6, 6.07) is 10.5. The third-order valence-electron chi connectivity index (χ3n) is 3.16. The molecule has 0 saturated carbocycles. The largest absolute Gasteiger partial charge is 0.362 e. The average Bonchev–Trinajstić information content (AvgIpc) is 2.71. The molecular formula is C16H21N3. The van der Waals surface area contributed by atoms with Gasteiger partial charge in [-0.15, -0.1) is 0 Å². The van der Waals surface area contributed by atoms with E-state index >= 15 is 0 Å². The first-order valence-electron chi connectivity index (χ1n) is 6.64. The Morgan fingerprint density at radius 1 is 1.16 bits per heavy atom. The Labute approximate surface area is 115 Å². The van der Waals surface area contributed by atoms with E-state index in [0.29, 0.717) is 0 Å². The van der Waals surface area contributed by atoms with E-state index in [0.717, 1.165) is 29.2 Å². The van der Waals surface area contributed by atoms with Crippen molar-refractivity contribution < 1.29 is 0 Å². The van der Waals surface area contributed by atoms with Gasteiger partial charge in [0.05, 0.1) is 11.9 Å². The Morgan fingerprint density at radius 2 is 1.84 bits per heavy atom. The molecule has 0 unspecified atom stereocenters. The maximum atomic E-state index is 4.57. The van der Waals surface area contributed by atoms with Crippen molar-refractivity contribution in [2.24, 2.45) is 5.10 Å². The molecule has 0 aliphatic rings. The van der Waals surface area contributed by atoms with Gasteiger partial charge in [0.25, 0.3) is 0 Å². The van der Waals surface area contributed by atoms with Gasteiger partial charge in [-0.2, -0.15) is 5.10 Å². The van der Waals surface area contributed by atoms with Crippen molar-refractivity contribution in [3.05, 3.63) is 52.8 Å². The van der Waals surface area contributed by atoms with Crippen molar-refractivity contribution in [3.8, 4) is 0 Å². The summed E-state index contributed by atoms with van der Waals surface area (Å²) in [4.78, 5) is 3.29. The Morgan fingerprint density at radius 3 is 2.37 bits per heavy atom. The van der Waals surface area contributed by atoms with Crippen molar-refractivity contribution in [2.75, 3.05) is 11.6 Å². The third-order valence-corrected chi connectivity index (χ3v) is 3.16. The number of hydrazone groups is 1. The van der Waals surface area contributed by atoms with Crippen molar-refractivity contribution in [1.29, 1.82) is 0 Å². The maximum absolute atomic E-state index is 4.57. The molecule has 0 bridgehead atoms. The molecule has 3 nitrogen and oxygen atoms in total. The fourth-order valence-corrected chi connectivity index (χ4v) is 2.06. The van der Waals surface area contributed by atoms with Crippen LogP contribution >= 0.6 is 0 Å². The Bertz CT molecular complexity index is 564. The van der Waals surface area contributed by atoms with Crippen molar-refractivity contribution in [2.45, 2.75) is 27.7 Å². The molecule has 2 aromatic rings. The van der Waals surface area contributed by atoms with Gasteiger partial charge in [-0.3, -0.25) is 5.01 Å². The maximum Gasteiger partial charge on any atom is 0.0593 e. The van der Waals surface area contributed by atoms with Crippen molar-refractivity contribution >= 4 is 11.9 Å². The summed E-state index contributed by atoms with van der Waals surface area (Å²) in [6.45, 7) is 9.17. The van der Waals surface area contributed by atoms with Crippen LogP contribution in [-0.2, 0) is 0 Å². The van der Waals surface area contributed by atoms with E-state index < -0.39 is 0 Å². The molecule has 1 aromatic carbocycles. The lowest BCUT2D eigenvalue weighted by Gasteiger charge is -2.16. The number of hydrogen-bond donors (Lipinski definition) is 1. The number of aryl methyl sites for hydroxylation is 3. The van der Waals surface area contributed by atoms with Gasteiger partial charge in [-0.25, -0.2) is 0 Å². The summed E-state index contributed by atoms with van der Waals surface area (Å²) in [7, 11) is 0. The molecule has 100 valence electrons. The molecule has 2 rings (SSSR count). The van der Waals surface area contributed by atoms with Crippen LogP contribution in [0, 0.1) is 20.8 Å². The third kappa shape index (κ3) is 3.25. The summed E-state index contributed by atoms with van der Waals surface area (Å²) in [5.74, 6) is 0. The normalized spacial score (nSPS) is 11.2. The van der Waals surface area contributed by atoms with Crippen LogP contribution in [0.4, 0.5) is 5.69 Å². The summed E-state index contributed by atoms with van der Waals surface area (Å²) in [5.41, 5.74) is 5.84. The van der Waals surface area contributed by atoms with Crippen LogP contribution in [0.3, 0.4) is 0 Å². The standard InChI is InChI=1S/C16H21N3/c1-5-19(16-8-6-12(2)7-9-16)17-11-15-10-13(3)18-14(15)4/h6-11,18H,5H2,1-4H3/b17-11+. The highest BCUT2D eigenvalue weighted by atomic mass is 15.4. The van der Waals surface area contributed by atoms with Gasteiger partial charge in [0, 0.05) is 23.5 Å². The smallest absolute Gasteiger partial charge is 0.0593 e. The van der Waals surface area contributed by atoms with E-state index in [1.807, 2.05) is 11.2 Å². The minimum absolute atomic E-state index is 0.849. The highest BCUT2D eigenvalue weighted by Crippen LogP contribution is 2.15. The van der Waals surface area contributed by atoms with Crippen LogP contribution in [0.1, 0.15) is 29.4 Å². The fraction of sp³-hybridized carbons (Fsp3) is 0.312. The number of hydrogen-bond acceptors (Lipinski definition) is 2. The molecule has 0 spiro atoms. The number of anilines is 1. The number of aromatic nitrogens is 1. The number of nitrogens with zero attached hydrogens (tertiary/aromatic N) is 2. The Balaban J connectivity index is 2.19. The topological polar surface area (TPSA) is 31.4 Å². The first-order chi connectivity index (χ1) is 9.10. The molecule has 0 amide bonds. The van der Waals surface area contributed by atoms with Crippen LogP contribution in [0.25, 0.3) is 0 Å². The molecule has 1 aromatic heterocycles. The van der Waals surface area contributed by atoms with Crippen molar-refractivity contribution in [1.82, 2.24) is 4.98 Å². The lowest BCUT2D eigenvalue weighted by Crippen LogP contribution is -2.15. The van der Waals surface area contributed by atoms with Crippen molar-refractivity contribution in [3.63, 3.8) is 0 Å². The quantitative estimate of drug-likeness (QED) is 0.654. The second-order valence-electron chi connectivity index (χ2n) is 4.83.